The average Bonchev–Trinajstić information content (AvgIpc) is 2.88. The molecule has 3 fully saturated rings. The molecule has 1 aromatic rings. The first-order chi connectivity index (χ1) is 16.4. The molecule has 0 amide bonds. The molecule has 1 aromatic heterocycles. The van der Waals surface area contributed by atoms with Gasteiger partial charge in [0.05, 0.1) is 0 Å². The Morgan fingerprint density at radius 2 is 0.765 bits per heavy atom. The Bertz CT molecular complexity index is 533. The number of rotatable bonds is 3. The van der Waals surface area contributed by atoms with Crippen molar-refractivity contribution in [1.29, 1.82) is 0 Å². The standard InChI is InChI=1S/C18H33P.C8H12.C5H5N.Ir/c1-4-10-16(11-5-1)19(17-12-6-2-7-13-17)18-14-8-3-9-15-18;1-2-4-6-8-7-5-3-1;1-2-4-6-5-3-1;/h16-18H,1-15H2;1-2,7-8H,3-6H2;1-5H;/b;2-1-,8-7?;;. The third kappa shape index (κ3) is 12.1. The Hall–Kier alpha value is -0.291. The molecule has 0 bridgehead atoms. The molecule has 1 radical (unpaired) electrons. The van der Waals surface area contributed by atoms with Gasteiger partial charge in [0, 0.05) is 32.5 Å². The summed E-state index contributed by atoms with van der Waals surface area (Å²) in [7, 11) is 0.385. The summed E-state index contributed by atoms with van der Waals surface area (Å²) in [6, 6.07) is 5.72. The van der Waals surface area contributed by atoms with Crippen LogP contribution in [0, 0.1) is 0 Å². The first-order valence-electron chi connectivity index (χ1n) is 14.4. The first kappa shape index (κ1) is 29.9. The summed E-state index contributed by atoms with van der Waals surface area (Å²) in [6.07, 6.45) is 41.1. The van der Waals surface area contributed by atoms with Crippen molar-refractivity contribution in [2.45, 2.75) is 139 Å². The van der Waals surface area contributed by atoms with Gasteiger partial charge in [-0.2, -0.15) is 0 Å². The molecular weight excluding hydrogens is 610 g/mol. The van der Waals surface area contributed by atoms with Crippen LogP contribution in [0.2, 0.25) is 0 Å². The smallest absolute Gasteiger partial charge is 0.0267 e. The van der Waals surface area contributed by atoms with Crippen LogP contribution < -0.4 is 0 Å². The monoisotopic (exact) mass is 660 g/mol. The van der Waals surface area contributed by atoms with Crippen molar-refractivity contribution in [2.24, 2.45) is 0 Å². The Labute approximate surface area is 226 Å². The molecule has 193 valence electrons. The molecule has 3 saturated carbocycles. The fourth-order valence-electron chi connectivity index (χ4n) is 6.20. The molecule has 34 heavy (non-hydrogen) atoms. The quantitative estimate of drug-likeness (QED) is 0.233. The zero-order valence-electron chi connectivity index (χ0n) is 21.6. The number of hydrogen-bond acceptors (Lipinski definition) is 1. The minimum Gasteiger partial charge on any atom is -0.265 e. The number of hydrogen-bond donors (Lipinski definition) is 0. The van der Waals surface area contributed by atoms with Crippen molar-refractivity contribution in [3.05, 3.63) is 54.9 Å². The van der Waals surface area contributed by atoms with Crippen LogP contribution in [0.1, 0.15) is 122 Å². The van der Waals surface area contributed by atoms with Gasteiger partial charge in [0.15, 0.2) is 0 Å². The SMILES string of the molecule is C1=CCC/C=C\CC1.C1CCC(P(C2CCCCC2)C2CCCCC2)CC1.[Ir].c1ccncc1. The zero-order chi connectivity index (χ0) is 22.8. The number of aromatic nitrogens is 1. The van der Waals surface area contributed by atoms with E-state index in [9.17, 15) is 0 Å². The van der Waals surface area contributed by atoms with E-state index in [2.05, 4.69) is 29.3 Å². The maximum atomic E-state index is 3.78. The van der Waals surface area contributed by atoms with Crippen LogP contribution in [0.3, 0.4) is 0 Å². The molecule has 0 saturated heterocycles. The summed E-state index contributed by atoms with van der Waals surface area (Å²) >= 11 is 0. The van der Waals surface area contributed by atoms with Gasteiger partial charge in [-0.15, -0.1) is 0 Å². The van der Waals surface area contributed by atoms with Gasteiger partial charge in [0.2, 0.25) is 0 Å². The van der Waals surface area contributed by atoms with Gasteiger partial charge in [0.25, 0.3) is 0 Å². The van der Waals surface area contributed by atoms with Crippen molar-refractivity contribution in [3.63, 3.8) is 0 Å². The number of allylic oxidation sites excluding steroid dienone is 4. The summed E-state index contributed by atoms with van der Waals surface area (Å²) in [6.45, 7) is 0. The van der Waals surface area contributed by atoms with Gasteiger partial charge >= 0.3 is 0 Å². The molecule has 0 aromatic carbocycles. The molecule has 3 heteroatoms. The van der Waals surface area contributed by atoms with Gasteiger partial charge in [-0.3, -0.25) is 4.98 Å². The second-order valence-corrected chi connectivity index (χ2v) is 13.5. The first-order valence-corrected chi connectivity index (χ1v) is 15.9. The van der Waals surface area contributed by atoms with Gasteiger partial charge in [-0.05, 0) is 93.3 Å². The van der Waals surface area contributed by atoms with Crippen molar-refractivity contribution >= 4 is 7.92 Å². The molecule has 0 atom stereocenters. The van der Waals surface area contributed by atoms with Gasteiger partial charge in [-0.1, -0.05) is 96.1 Å². The van der Waals surface area contributed by atoms with Gasteiger partial charge < -0.3 is 0 Å². The van der Waals surface area contributed by atoms with Crippen molar-refractivity contribution < 1.29 is 20.1 Å². The van der Waals surface area contributed by atoms with E-state index in [4.69, 9.17) is 0 Å². The third-order valence-electron chi connectivity index (χ3n) is 7.89. The van der Waals surface area contributed by atoms with Crippen LogP contribution in [0.25, 0.3) is 0 Å². The molecule has 0 N–H and O–H groups in total. The fourth-order valence-corrected chi connectivity index (χ4v) is 10.9. The number of pyridine rings is 1. The largest absolute Gasteiger partial charge is 0.265 e. The van der Waals surface area contributed by atoms with E-state index in [-0.39, 0.29) is 20.1 Å². The van der Waals surface area contributed by atoms with Gasteiger partial charge in [0.1, 0.15) is 0 Å². The average molecular weight is 660 g/mol. The second-order valence-electron chi connectivity index (χ2n) is 10.4. The van der Waals surface area contributed by atoms with Crippen LogP contribution in [0.5, 0.6) is 0 Å². The fraction of sp³-hybridized carbons (Fsp3) is 0.710. The van der Waals surface area contributed by atoms with E-state index in [0.29, 0.717) is 7.92 Å². The van der Waals surface area contributed by atoms with Crippen molar-refractivity contribution in [3.8, 4) is 0 Å². The molecule has 4 aliphatic rings. The van der Waals surface area contributed by atoms with Crippen LogP contribution in [-0.2, 0) is 20.1 Å². The molecule has 1 heterocycles. The minimum absolute atomic E-state index is 0. The molecule has 0 aliphatic heterocycles. The summed E-state index contributed by atoms with van der Waals surface area (Å²) in [5.74, 6) is 0. The Balaban J connectivity index is 0.000000224. The van der Waals surface area contributed by atoms with Crippen molar-refractivity contribution in [2.75, 3.05) is 0 Å². The topological polar surface area (TPSA) is 12.9 Å². The van der Waals surface area contributed by atoms with E-state index in [1.54, 1.807) is 89.4 Å². The zero-order valence-corrected chi connectivity index (χ0v) is 24.9. The summed E-state index contributed by atoms with van der Waals surface area (Å²) in [5.41, 5.74) is 3.57. The van der Waals surface area contributed by atoms with E-state index < -0.39 is 0 Å². The predicted molar refractivity (Wildman–Crippen MR) is 149 cm³/mol. The Kier molecular flexibility index (Phi) is 17.5. The summed E-state index contributed by atoms with van der Waals surface area (Å²) in [4.78, 5) is 3.78. The molecule has 0 unspecified atom stereocenters. The number of nitrogens with zero attached hydrogens (tertiary/aromatic N) is 1. The van der Waals surface area contributed by atoms with E-state index in [0.717, 1.165) is 0 Å². The molecule has 5 rings (SSSR count). The maximum Gasteiger partial charge on any atom is 0.0267 e. The normalized spacial score (nSPS) is 23.2. The predicted octanol–water partition coefficient (Wildman–Crippen LogP) is 10.2. The molecule has 4 aliphatic carbocycles. The van der Waals surface area contributed by atoms with E-state index in [1.165, 1.54) is 61.9 Å². The van der Waals surface area contributed by atoms with Crippen LogP contribution in [0.15, 0.2) is 54.9 Å². The second kappa shape index (κ2) is 19.8. The van der Waals surface area contributed by atoms with E-state index >= 15 is 0 Å². The Morgan fingerprint density at radius 3 is 1.00 bits per heavy atom. The summed E-state index contributed by atoms with van der Waals surface area (Å²) in [5, 5.41) is 0. The van der Waals surface area contributed by atoms with Crippen LogP contribution >= 0.6 is 7.92 Å². The van der Waals surface area contributed by atoms with Crippen molar-refractivity contribution in [1.82, 2.24) is 4.98 Å². The molecule has 1 nitrogen and oxygen atoms in total. The summed E-state index contributed by atoms with van der Waals surface area (Å²) < 4.78 is 0. The third-order valence-corrected chi connectivity index (χ3v) is 12.0. The van der Waals surface area contributed by atoms with Crippen LogP contribution in [0.4, 0.5) is 0 Å². The van der Waals surface area contributed by atoms with E-state index in [1.807, 2.05) is 18.2 Å². The van der Waals surface area contributed by atoms with Gasteiger partial charge in [-0.25, -0.2) is 0 Å². The maximum absolute atomic E-state index is 3.78. The minimum atomic E-state index is 0. The van der Waals surface area contributed by atoms with Crippen LogP contribution in [-0.4, -0.2) is 22.0 Å². The Morgan fingerprint density at radius 1 is 0.441 bits per heavy atom. The molecule has 0 spiro atoms. The molecular formula is C31H50IrNP.